The predicted octanol–water partition coefficient (Wildman–Crippen LogP) is 3.26. The third-order valence-corrected chi connectivity index (χ3v) is 3.03. The Balaban J connectivity index is 2.32. The van der Waals surface area contributed by atoms with Crippen LogP contribution < -0.4 is 0 Å². The number of ketones is 1. The Bertz CT molecular complexity index is 619. The molecule has 0 heterocycles. The highest BCUT2D eigenvalue weighted by molar-refractivity contribution is 7.47. The molecule has 0 radical (unpaired) electrons. The summed E-state index contributed by atoms with van der Waals surface area (Å²) in [5.41, 5.74) is 4.10. The van der Waals surface area contributed by atoms with Gasteiger partial charge in [0.05, 0.1) is 5.69 Å². The van der Waals surface area contributed by atoms with Gasteiger partial charge in [-0.25, -0.2) is 0 Å². The molecule has 3 rings (SSSR count). The van der Waals surface area contributed by atoms with Gasteiger partial charge < -0.3 is 0 Å². The Hall–Kier alpha value is -1.87. The summed E-state index contributed by atoms with van der Waals surface area (Å²) in [6, 6.07) is 13.1. The van der Waals surface area contributed by atoms with Crippen LogP contribution in [-0.4, -0.2) is 5.78 Å². The molecule has 76 valence electrons. The maximum Gasteiger partial charge on any atom is 0.194 e. The molecule has 0 bridgehead atoms. The van der Waals surface area contributed by atoms with Crippen molar-refractivity contribution in [3.05, 3.63) is 53.6 Å². The van der Waals surface area contributed by atoms with Gasteiger partial charge >= 0.3 is 0 Å². The van der Waals surface area contributed by atoms with Crippen LogP contribution in [0.5, 0.6) is 0 Å². The number of carbonyl (C=O) groups is 1. The van der Waals surface area contributed by atoms with Crippen LogP contribution in [0.25, 0.3) is 11.1 Å². The lowest BCUT2D eigenvalue weighted by atomic mass is 10.1. The molecule has 2 aromatic rings. The van der Waals surface area contributed by atoms with Crippen molar-refractivity contribution in [2.24, 2.45) is 4.36 Å². The van der Waals surface area contributed by atoms with E-state index in [1.807, 2.05) is 36.4 Å². The molecule has 0 fully saturated rings. The minimum Gasteiger partial charge on any atom is -0.289 e. The maximum absolute atomic E-state index is 12.1. The molecule has 16 heavy (non-hydrogen) atoms. The van der Waals surface area contributed by atoms with E-state index in [0.29, 0.717) is 11.3 Å². The molecule has 0 N–H and O–H groups in total. The lowest BCUT2D eigenvalue weighted by Crippen LogP contribution is -1.93. The number of carbonyl (C=O) groups excluding carboxylic acids is 1. The predicted molar refractivity (Wildman–Crippen MR) is 64.8 cm³/mol. The van der Waals surface area contributed by atoms with E-state index in [1.165, 1.54) is 0 Å². The molecule has 1 aliphatic carbocycles. The molecule has 1 aliphatic rings. The van der Waals surface area contributed by atoms with E-state index in [4.69, 9.17) is 0 Å². The first-order chi connectivity index (χ1) is 7.81. The zero-order valence-electron chi connectivity index (χ0n) is 8.31. The van der Waals surface area contributed by atoms with E-state index in [1.54, 1.807) is 6.07 Å². The molecule has 0 unspecified atom stereocenters. The molecule has 0 saturated carbocycles. The van der Waals surface area contributed by atoms with E-state index >= 15 is 0 Å². The SMILES string of the molecule is O=C1c2ccccc2-c2ccc(N=S)cc21. The minimum absolute atomic E-state index is 0.0612. The van der Waals surface area contributed by atoms with E-state index in [0.717, 1.165) is 16.7 Å². The van der Waals surface area contributed by atoms with E-state index in [2.05, 4.69) is 16.8 Å². The van der Waals surface area contributed by atoms with Crippen LogP contribution in [0.2, 0.25) is 0 Å². The minimum atomic E-state index is 0.0612. The maximum atomic E-state index is 12.1. The molecule has 0 saturated heterocycles. The van der Waals surface area contributed by atoms with Crippen molar-refractivity contribution in [1.29, 1.82) is 0 Å². The molecule has 0 spiro atoms. The van der Waals surface area contributed by atoms with Crippen LogP contribution in [0.15, 0.2) is 46.8 Å². The lowest BCUT2D eigenvalue weighted by molar-refractivity contribution is 0.104. The summed E-state index contributed by atoms with van der Waals surface area (Å²) in [6.07, 6.45) is 0. The van der Waals surface area contributed by atoms with Crippen LogP contribution >= 0.6 is 0 Å². The van der Waals surface area contributed by atoms with Gasteiger partial charge in [-0.3, -0.25) is 4.79 Å². The van der Waals surface area contributed by atoms with Gasteiger partial charge in [-0.2, -0.15) is 4.36 Å². The first-order valence-corrected chi connectivity index (χ1v) is 5.29. The highest BCUT2D eigenvalue weighted by atomic mass is 32.1. The fraction of sp³-hybridized carbons (Fsp3) is 0. The molecule has 2 aromatic carbocycles. The first kappa shape index (κ1) is 9.36. The quantitative estimate of drug-likeness (QED) is 0.636. The Labute approximate surface area is 98.1 Å². The second-order valence-electron chi connectivity index (χ2n) is 3.70. The van der Waals surface area contributed by atoms with Gasteiger partial charge in [0.15, 0.2) is 5.78 Å². The highest BCUT2D eigenvalue weighted by Crippen LogP contribution is 2.37. The van der Waals surface area contributed by atoms with E-state index in [9.17, 15) is 4.79 Å². The van der Waals surface area contributed by atoms with Gasteiger partial charge in [0, 0.05) is 23.6 Å². The lowest BCUT2D eigenvalue weighted by Gasteiger charge is -1.98. The summed E-state index contributed by atoms with van der Waals surface area (Å²) in [6.45, 7) is 0. The van der Waals surface area contributed by atoms with Crippen LogP contribution in [0, 0.1) is 0 Å². The van der Waals surface area contributed by atoms with E-state index < -0.39 is 0 Å². The average Bonchev–Trinajstić information content (AvgIpc) is 2.64. The first-order valence-electron chi connectivity index (χ1n) is 4.93. The molecule has 0 amide bonds. The fourth-order valence-corrected chi connectivity index (χ4v) is 2.19. The standard InChI is InChI=1S/C13H7NOS/c15-13-11-4-2-1-3-9(11)10-6-5-8(14-16)7-12(10)13/h1-7H. The molecule has 3 heteroatoms. The third-order valence-electron chi connectivity index (χ3n) is 2.82. The molecule has 2 nitrogen and oxygen atoms in total. The molecule has 0 aromatic heterocycles. The highest BCUT2D eigenvalue weighted by Gasteiger charge is 2.25. The Morgan fingerprint density at radius 3 is 2.31 bits per heavy atom. The van der Waals surface area contributed by atoms with Crippen LogP contribution in [-0.2, 0) is 12.4 Å². The van der Waals surface area contributed by atoms with Gasteiger partial charge in [-0.1, -0.05) is 30.3 Å². The molecular formula is C13H7NOS. The van der Waals surface area contributed by atoms with Gasteiger partial charge in [-0.15, -0.1) is 0 Å². The van der Waals surface area contributed by atoms with Crippen molar-refractivity contribution < 1.29 is 4.79 Å². The van der Waals surface area contributed by atoms with Gasteiger partial charge in [-0.05, 0) is 23.3 Å². The summed E-state index contributed by atoms with van der Waals surface area (Å²) in [4.78, 5) is 12.1. The summed E-state index contributed by atoms with van der Waals surface area (Å²) in [5, 5.41) is 0. The fourth-order valence-electron chi connectivity index (χ4n) is 2.07. The molecule has 0 atom stereocenters. The van der Waals surface area contributed by atoms with Crippen LogP contribution in [0.4, 0.5) is 5.69 Å². The second kappa shape index (κ2) is 3.32. The van der Waals surface area contributed by atoms with Gasteiger partial charge in [0.2, 0.25) is 0 Å². The zero-order chi connectivity index (χ0) is 11.1. The Morgan fingerprint density at radius 2 is 1.56 bits per heavy atom. The van der Waals surface area contributed by atoms with Crippen molar-refractivity contribution in [3.8, 4) is 11.1 Å². The number of hydrogen-bond acceptors (Lipinski definition) is 3. The summed E-state index contributed by atoms with van der Waals surface area (Å²) >= 11 is 4.63. The number of nitrogens with zero attached hydrogens (tertiary/aromatic N) is 1. The average molecular weight is 225 g/mol. The number of benzene rings is 2. The largest absolute Gasteiger partial charge is 0.289 e. The van der Waals surface area contributed by atoms with Gasteiger partial charge in [0.1, 0.15) is 0 Å². The monoisotopic (exact) mass is 225 g/mol. The van der Waals surface area contributed by atoms with Crippen LogP contribution in [0.1, 0.15) is 15.9 Å². The van der Waals surface area contributed by atoms with Crippen molar-refractivity contribution in [3.63, 3.8) is 0 Å². The second-order valence-corrected chi connectivity index (χ2v) is 3.88. The topological polar surface area (TPSA) is 29.4 Å². The van der Waals surface area contributed by atoms with Crippen molar-refractivity contribution in [2.45, 2.75) is 0 Å². The van der Waals surface area contributed by atoms with E-state index in [-0.39, 0.29) is 5.78 Å². The van der Waals surface area contributed by atoms with Crippen molar-refractivity contribution in [2.75, 3.05) is 0 Å². The number of hydrogen-bond donors (Lipinski definition) is 0. The summed E-state index contributed by atoms with van der Waals surface area (Å²) < 4.78 is 3.68. The van der Waals surface area contributed by atoms with Crippen molar-refractivity contribution >= 4 is 23.9 Å². The smallest absolute Gasteiger partial charge is 0.194 e. The normalized spacial score (nSPS) is 12.1. The summed E-state index contributed by atoms with van der Waals surface area (Å²) in [7, 11) is 0. The number of rotatable bonds is 1. The Morgan fingerprint density at radius 1 is 0.875 bits per heavy atom. The Kier molecular flexibility index (Phi) is 1.94. The van der Waals surface area contributed by atoms with Crippen molar-refractivity contribution in [1.82, 2.24) is 0 Å². The third kappa shape index (κ3) is 1.15. The molecule has 0 aliphatic heterocycles. The van der Waals surface area contributed by atoms with Crippen LogP contribution in [0.3, 0.4) is 0 Å². The number of fused-ring (bicyclic) bond motifs is 3. The zero-order valence-corrected chi connectivity index (χ0v) is 9.12. The summed E-state index contributed by atoms with van der Waals surface area (Å²) in [5.74, 6) is 0.0612. The van der Waals surface area contributed by atoms with Gasteiger partial charge in [0.25, 0.3) is 0 Å². The molecular weight excluding hydrogens is 218 g/mol.